The first-order chi connectivity index (χ1) is 23.1. The topological polar surface area (TPSA) is 157 Å². The van der Waals surface area contributed by atoms with Crippen LogP contribution in [0.3, 0.4) is 0 Å². The molecule has 0 unspecified atom stereocenters. The molecule has 0 saturated heterocycles. The second-order valence-electron chi connectivity index (χ2n) is 12.6. The highest BCUT2D eigenvalue weighted by Crippen LogP contribution is 2.33. The van der Waals surface area contributed by atoms with Crippen LogP contribution in [0.1, 0.15) is 72.3 Å². The predicted octanol–water partition coefficient (Wildman–Crippen LogP) is 2.65. The summed E-state index contributed by atoms with van der Waals surface area (Å²) in [6.45, 7) is 9.26. The number of fused-ring (bicyclic) bond motifs is 2. The molecule has 1 aromatic heterocycles. The molecule has 4 amide bonds. The van der Waals surface area contributed by atoms with Crippen LogP contribution in [0.25, 0.3) is 0 Å². The number of carbonyl (C=O) groups is 4. The fourth-order valence-electron chi connectivity index (χ4n) is 5.95. The standard InChI is InChI=1S/C35H45N7O6/c1-22(2)32-33-37-24(4)40-42(33)21-31(44)36-13-9-15-41(35(46)26-20-29-28(18-23(26)3)47-16-17-48-29)14-8-12-30(43)38-27(34(45)39-32)19-25-10-6-5-7-11-25/h5-7,10-11,18,20,22,27,32H,8-9,12-17,19,21H2,1-4H3,(H,36,44)(H,38,43)(H,39,45)/t27-,32+/m1/s1. The minimum atomic E-state index is -0.862. The van der Waals surface area contributed by atoms with E-state index in [1.807, 2.05) is 51.1 Å². The van der Waals surface area contributed by atoms with Gasteiger partial charge in [-0.2, -0.15) is 5.10 Å². The Kier molecular flexibility index (Phi) is 11.3. The van der Waals surface area contributed by atoms with Crippen molar-refractivity contribution in [3.8, 4) is 11.5 Å². The van der Waals surface area contributed by atoms with E-state index in [9.17, 15) is 19.2 Å². The number of hydrogen-bond acceptors (Lipinski definition) is 8. The zero-order chi connectivity index (χ0) is 34.2. The first kappa shape index (κ1) is 34.4. The Balaban J connectivity index is 1.40. The molecule has 256 valence electrons. The highest BCUT2D eigenvalue weighted by atomic mass is 16.6. The zero-order valence-electron chi connectivity index (χ0n) is 28.1. The van der Waals surface area contributed by atoms with Gasteiger partial charge in [-0.3, -0.25) is 19.2 Å². The van der Waals surface area contributed by atoms with Gasteiger partial charge in [-0.15, -0.1) is 0 Å². The number of benzene rings is 2. The summed E-state index contributed by atoms with van der Waals surface area (Å²) in [4.78, 5) is 60.4. The van der Waals surface area contributed by atoms with E-state index in [2.05, 4.69) is 26.0 Å². The van der Waals surface area contributed by atoms with Gasteiger partial charge in [-0.1, -0.05) is 44.2 Å². The van der Waals surface area contributed by atoms with E-state index in [1.165, 1.54) is 4.68 Å². The van der Waals surface area contributed by atoms with E-state index in [4.69, 9.17) is 9.47 Å². The predicted molar refractivity (Wildman–Crippen MR) is 177 cm³/mol. The van der Waals surface area contributed by atoms with Crippen LogP contribution in [0.5, 0.6) is 11.5 Å². The van der Waals surface area contributed by atoms with Gasteiger partial charge in [0.15, 0.2) is 17.3 Å². The fraction of sp³-hybridized carbons (Fsp3) is 0.486. The van der Waals surface area contributed by atoms with E-state index < -0.39 is 12.1 Å². The normalized spacial score (nSPS) is 19.8. The van der Waals surface area contributed by atoms with Gasteiger partial charge in [-0.25, -0.2) is 9.67 Å². The fourth-order valence-corrected chi connectivity index (χ4v) is 5.95. The Labute approximate surface area is 280 Å². The molecule has 2 aliphatic rings. The molecule has 48 heavy (non-hydrogen) atoms. The second kappa shape index (κ2) is 15.8. The summed E-state index contributed by atoms with van der Waals surface area (Å²) < 4.78 is 12.9. The monoisotopic (exact) mass is 659 g/mol. The lowest BCUT2D eigenvalue weighted by Gasteiger charge is -2.27. The van der Waals surface area contributed by atoms with Crippen molar-refractivity contribution >= 4 is 23.6 Å². The summed E-state index contributed by atoms with van der Waals surface area (Å²) in [5.74, 6) is 0.865. The Morgan fingerprint density at radius 2 is 1.67 bits per heavy atom. The van der Waals surface area contributed by atoms with Crippen molar-refractivity contribution in [1.29, 1.82) is 0 Å². The smallest absolute Gasteiger partial charge is 0.254 e. The molecule has 0 saturated carbocycles. The van der Waals surface area contributed by atoms with Crippen LogP contribution < -0.4 is 25.4 Å². The Morgan fingerprint density at radius 1 is 0.958 bits per heavy atom. The quantitative estimate of drug-likeness (QED) is 0.386. The maximum absolute atomic E-state index is 13.9. The molecule has 13 heteroatoms. The summed E-state index contributed by atoms with van der Waals surface area (Å²) in [7, 11) is 0. The molecule has 0 radical (unpaired) electrons. The van der Waals surface area contributed by atoms with Crippen LogP contribution in [0.4, 0.5) is 0 Å². The number of nitrogens with zero attached hydrogens (tertiary/aromatic N) is 4. The third-order valence-corrected chi connectivity index (χ3v) is 8.44. The average Bonchev–Trinajstić information content (AvgIpc) is 3.42. The molecular weight excluding hydrogens is 614 g/mol. The van der Waals surface area contributed by atoms with E-state index in [1.54, 1.807) is 24.0 Å². The molecule has 0 aliphatic carbocycles. The molecule has 3 N–H and O–H groups in total. The van der Waals surface area contributed by atoms with Crippen LogP contribution >= 0.6 is 0 Å². The summed E-state index contributed by atoms with van der Waals surface area (Å²) >= 11 is 0. The first-order valence-corrected chi connectivity index (χ1v) is 16.6. The van der Waals surface area contributed by atoms with Gasteiger partial charge in [0.25, 0.3) is 5.91 Å². The van der Waals surface area contributed by atoms with Gasteiger partial charge in [0.05, 0.1) is 6.04 Å². The molecule has 3 aromatic rings. The molecular formula is C35H45N7O6. The summed E-state index contributed by atoms with van der Waals surface area (Å²) in [5, 5.41) is 13.4. The molecule has 0 fully saturated rings. The molecule has 2 aliphatic heterocycles. The molecule has 0 spiro atoms. The Bertz CT molecular complexity index is 1620. The second-order valence-corrected chi connectivity index (χ2v) is 12.6. The Morgan fingerprint density at radius 3 is 2.40 bits per heavy atom. The van der Waals surface area contributed by atoms with Crippen molar-refractivity contribution in [3.05, 3.63) is 70.8 Å². The minimum Gasteiger partial charge on any atom is -0.486 e. The first-order valence-electron chi connectivity index (χ1n) is 16.6. The van der Waals surface area contributed by atoms with E-state index in [0.29, 0.717) is 74.4 Å². The average molecular weight is 660 g/mol. The van der Waals surface area contributed by atoms with Gasteiger partial charge in [0.2, 0.25) is 17.7 Å². The number of carbonyl (C=O) groups excluding carboxylic acids is 4. The van der Waals surface area contributed by atoms with Crippen LogP contribution in [-0.4, -0.2) is 82.2 Å². The SMILES string of the molecule is Cc1nc2n(n1)CC(=O)NCCCN(C(=O)c1cc3c(cc1C)OCCO3)CCCC(=O)N[C@H](Cc1ccccc1)C(=O)N[C@H]2C(C)C. The molecule has 2 aromatic carbocycles. The van der Waals surface area contributed by atoms with Gasteiger partial charge in [-0.05, 0) is 55.9 Å². The van der Waals surface area contributed by atoms with Crippen molar-refractivity contribution in [1.82, 2.24) is 35.6 Å². The number of amides is 4. The maximum Gasteiger partial charge on any atom is 0.254 e. The highest BCUT2D eigenvalue weighted by Gasteiger charge is 2.30. The molecule has 5 rings (SSSR count). The van der Waals surface area contributed by atoms with Gasteiger partial charge >= 0.3 is 0 Å². The number of aryl methyl sites for hydroxylation is 2. The number of ether oxygens (including phenoxy) is 2. The number of rotatable bonds is 4. The summed E-state index contributed by atoms with van der Waals surface area (Å²) in [6.07, 6.45) is 1.27. The number of aromatic nitrogens is 3. The number of hydrogen-bond donors (Lipinski definition) is 3. The van der Waals surface area contributed by atoms with Crippen LogP contribution in [0, 0.1) is 19.8 Å². The lowest BCUT2D eigenvalue weighted by Crippen LogP contribution is -2.50. The lowest BCUT2D eigenvalue weighted by atomic mass is 10.0. The summed E-state index contributed by atoms with van der Waals surface area (Å²) in [5.41, 5.74) is 2.13. The maximum atomic E-state index is 13.9. The van der Waals surface area contributed by atoms with Crippen molar-refractivity contribution in [2.24, 2.45) is 5.92 Å². The largest absolute Gasteiger partial charge is 0.486 e. The van der Waals surface area contributed by atoms with Crippen molar-refractivity contribution in [2.45, 2.75) is 72.0 Å². The van der Waals surface area contributed by atoms with E-state index >= 15 is 0 Å². The molecule has 3 heterocycles. The van der Waals surface area contributed by atoms with Crippen LogP contribution in [0.2, 0.25) is 0 Å². The third-order valence-electron chi connectivity index (χ3n) is 8.44. The zero-order valence-corrected chi connectivity index (χ0v) is 28.1. The van der Waals surface area contributed by atoms with Gasteiger partial charge < -0.3 is 30.3 Å². The third kappa shape index (κ3) is 8.69. The van der Waals surface area contributed by atoms with Gasteiger partial charge in [0, 0.05) is 38.0 Å². The van der Waals surface area contributed by atoms with Crippen LogP contribution in [-0.2, 0) is 27.3 Å². The van der Waals surface area contributed by atoms with E-state index in [0.717, 1.165) is 11.1 Å². The lowest BCUT2D eigenvalue weighted by molar-refractivity contribution is -0.129. The molecule has 2 atom stereocenters. The molecule has 0 bridgehead atoms. The van der Waals surface area contributed by atoms with E-state index in [-0.39, 0.29) is 48.9 Å². The van der Waals surface area contributed by atoms with Crippen molar-refractivity contribution in [2.75, 3.05) is 32.8 Å². The summed E-state index contributed by atoms with van der Waals surface area (Å²) in [6, 6.07) is 11.6. The highest BCUT2D eigenvalue weighted by molar-refractivity contribution is 5.96. The Hall–Kier alpha value is -4.94. The number of nitrogens with one attached hydrogen (secondary N) is 3. The van der Waals surface area contributed by atoms with Crippen molar-refractivity contribution in [3.63, 3.8) is 0 Å². The van der Waals surface area contributed by atoms with Gasteiger partial charge in [0.1, 0.15) is 31.6 Å². The van der Waals surface area contributed by atoms with Crippen LogP contribution in [0.15, 0.2) is 42.5 Å². The van der Waals surface area contributed by atoms with Crippen molar-refractivity contribution < 1.29 is 28.7 Å². The minimum absolute atomic E-state index is 0.0839. The molecule has 13 nitrogen and oxygen atoms in total.